The van der Waals surface area contributed by atoms with E-state index in [2.05, 4.69) is 27.7 Å². The molecule has 0 aliphatic heterocycles. The van der Waals surface area contributed by atoms with E-state index < -0.39 is 6.10 Å². The lowest BCUT2D eigenvalue weighted by Crippen LogP contribution is -2.30. The van der Waals surface area contributed by atoms with Crippen molar-refractivity contribution in [1.82, 2.24) is 0 Å². The molecule has 0 radical (unpaired) electrons. The van der Waals surface area contributed by atoms with Crippen LogP contribution in [0.1, 0.15) is 317 Å². The first-order valence-corrected chi connectivity index (χ1v) is 27.9. The van der Waals surface area contributed by atoms with E-state index in [0.29, 0.717) is 19.3 Å². The molecule has 1 atom stereocenters. The first-order chi connectivity index (χ1) is 30.4. The fraction of sp³-hybridized carbons (Fsp3) is 0.946. The zero-order valence-electron chi connectivity index (χ0n) is 42.3. The summed E-state index contributed by atoms with van der Waals surface area (Å²) in [6.07, 6.45) is 53.7. The fourth-order valence-electron chi connectivity index (χ4n) is 8.57. The quantitative estimate of drug-likeness (QED) is 0.0344. The van der Waals surface area contributed by atoms with E-state index in [4.69, 9.17) is 14.2 Å². The molecule has 0 amide bonds. The molecule has 0 saturated carbocycles. The Morgan fingerprint density at radius 1 is 0.306 bits per heavy atom. The van der Waals surface area contributed by atoms with Crippen molar-refractivity contribution in [2.24, 2.45) is 5.92 Å². The molecule has 0 N–H and O–H groups in total. The fourth-order valence-corrected chi connectivity index (χ4v) is 8.57. The van der Waals surface area contributed by atoms with Gasteiger partial charge < -0.3 is 14.2 Å². The summed E-state index contributed by atoms with van der Waals surface area (Å²) in [4.78, 5) is 38.0. The molecule has 0 aliphatic carbocycles. The van der Waals surface area contributed by atoms with Gasteiger partial charge in [-0.25, -0.2) is 0 Å². The average Bonchev–Trinajstić information content (AvgIpc) is 3.26. The Morgan fingerprint density at radius 2 is 0.532 bits per heavy atom. The SMILES string of the molecule is CCCCCCCCCCCCCCCCC(=O)OC[C@H](COC(=O)CCCCCCCCCCCCCCCCCCC(C)C)OC(=O)CCCCCCCCCCCCC. The van der Waals surface area contributed by atoms with Crippen LogP contribution in [0.25, 0.3) is 0 Å². The van der Waals surface area contributed by atoms with Crippen LogP contribution in [0.3, 0.4) is 0 Å². The number of unbranched alkanes of at least 4 members (excludes halogenated alkanes) is 38. The molecule has 6 heteroatoms. The van der Waals surface area contributed by atoms with E-state index in [1.807, 2.05) is 0 Å². The van der Waals surface area contributed by atoms with Gasteiger partial charge in [-0.15, -0.1) is 0 Å². The molecule has 0 spiro atoms. The maximum atomic E-state index is 12.8. The van der Waals surface area contributed by atoms with Crippen molar-refractivity contribution in [1.29, 1.82) is 0 Å². The normalized spacial score (nSPS) is 12.0. The van der Waals surface area contributed by atoms with E-state index in [1.165, 1.54) is 212 Å². The van der Waals surface area contributed by atoms with Gasteiger partial charge in [0.05, 0.1) is 0 Å². The molecule has 6 nitrogen and oxygen atoms in total. The predicted octanol–water partition coefficient (Wildman–Crippen LogP) is 18.2. The van der Waals surface area contributed by atoms with Crippen molar-refractivity contribution in [3.8, 4) is 0 Å². The molecule has 0 rings (SSSR count). The van der Waals surface area contributed by atoms with Gasteiger partial charge in [0, 0.05) is 19.3 Å². The average molecular weight is 877 g/mol. The van der Waals surface area contributed by atoms with Gasteiger partial charge in [-0.05, 0) is 25.2 Å². The lowest BCUT2D eigenvalue weighted by atomic mass is 10.0. The third-order valence-electron chi connectivity index (χ3n) is 12.8. The number of esters is 3. The first kappa shape index (κ1) is 60.4. The van der Waals surface area contributed by atoms with Crippen molar-refractivity contribution < 1.29 is 28.6 Å². The largest absolute Gasteiger partial charge is 0.462 e. The van der Waals surface area contributed by atoms with Gasteiger partial charge in [0.25, 0.3) is 0 Å². The molecule has 0 aliphatic rings. The summed E-state index contributed by atoms with van der Waals surface area (Å²) in [6, 6.07) is 0. The number of hydrogen-bond acceptors (Lipinski definition) is 6. The second-order valence-electron chi connectivity index (χ2n) is 19.7. The highest BCUT2D eigenvalue weighted by Gasteiger charge is 2.19. The van der Waals surface area contributed by atoms with Crippen molar-refractivity contribution in [2.45, 2.75) is 323 Å². The van der Waals surface area contributed by atoms with E-state index in [9.17, 15) is 14.4 Å². The van der Waals surface area contributed by atoms with E-state index in [-0.39, 0.29) is 31.1 Å². The van der Waals surface area contributed by atoms with Gasteiger partial charge in [0.2, 0.25) is 0 Å². The molecule has 0 bridgehead atoms. The second kappa shape index (κ2) is 50.4. The molecule has 368 valence electrons. The maximum Gasteiger partial charge on any atom is 0.306 e. The van der Waals surface area contributed by atoms with Crippen molar-refractivity contribution in [3.05, 3.63) is 0 Å². The monoisotopic (exact) mass is 877 g/mol. The van der Waals surface area contributed by atoms with Crippen molar-refractivity contribution in [2.75, 3.05) is 13.2 Å². The summed E-state index contributed by atoms with van der Waals surface area (Å²) in [5.74, 6) is 0.0140. The number of carbonyl (C=O) groups excluding carboxylic acids is 3. The number of hydrogen-bond donors (Lipinski definition) is 0. The summed E-state index contributed by atoms with van der Waals surface area (Å²) in [6.45, 7) is 9.05. The molecule has 0 fully saturated rings. The summed E-state index contributed by atoms with van der Waals surface area (Å²) >= 11 is 0. The Bertz CT molecular complexity index is 933. The minimum absolute atomic E-state index is 0.0621. The van der Waals surface area contributed by atoms with Gasteiger partial charge >= 0.3 is 17.9 Å². The number of rotatable bonds is 51. The Labute approximate surface area is 387 Å². The Hall–Kier alpha value is -1.59. The molecular formula is C56H108O6. The van der Waals surface area contributed by atoms with E-state index in [0.717, 1.165) is 63.7 Å². The minimum atomic E-state index is -0.760. The Balaban J connectivity index is 4.23. The molecule has 0 saturated heterocycles. The molecular weight excluding hydrogens is 769 g/mol. The maximum absolute atomic E-state index is 12.8. The molecule has 62 heavy (non-hydrogen) atoms. The van der Waals surface area contributed by atoms with Gasteiger partial charge in [0.1, 0.15) is 13.2 Å². The Morgan fingerprint density at radius 3 is 0.790 bits per heavy atom. The van der Waals surface area contributed by atoms with E-state index in [1.54, 1.807) is 0 Å². The summed E-state index contributed by atoms with van der Waals surface area (Å²) in [7, 11) is 0. The van der Waals surface area contributed by atoms with Crippen molar-refractivity contribution >= 4 is 17.9 Å². The van der Waals surface area contributed by atoms with Gasteiger partial charge in [-0.1, -0.05) is 278 Å². The van der Waals surface area contributed by atoms with Crippen LogP contribution >= 0.6 is 0 Å². The number of ether oxygens (including phenoxy) is 3. The minimum Gasteiger partial charge on any atom is -0.462 e. The zero-order valence-corrected chi connectivity index (χ0v) is 42.3. The molecule has 0 aromatic rings. The molecule has 0 heterocycles. The highest BCUT2D eigenvalue weighted by atomic mass is 16.6. The summed E-state index contributed by atoms with van der Waals surface area (Å²) in [5, 5.41) is 0. The zero-order chi connectivity index (χ0) is 45.2. The smallest absolute Gasteiger partial charge is 0.306 e. The molecule has 0 aromatic heterocycles. The number of carbonyl (C=O) groups is 3. The van der Waals surface area contributed by atoms with Crippen LogP contribution in [-0.4, -0.2) is 37.2 Å². The lowest BCUT2D eigenvalue weighted by Gasteiger charge is -2.18. The molecule has 0 aromatic carbocycles. The van der Waals surface area contributed by atoms with E-state index >= 15 is 0 Å². The van der Waals surface area contributed by atoms with Gasteiger partial charge in [0.15, 0.2) is 6.10 Å². The van der Waals surface area contributed by atoms with Crippen LogP contribution in [0.4, 0.5) is 0 Å². The van der Waals surface area contributed by atoms with Crippen LogP contribution in [0.5, 0.6) is 0 Å². The topological polar surface area (TPSA) is 78.9 Å². The summed E-state index contributed by atoms with van der Waals surface area (Å²) in [5.41, 5.74) is 0. The lowest BCUT2D eigenvalue weighted by molar-refractivity contribution is -0.167. The van der Waals surface area contributed by atoms with Gasteiger partial charge in [-0.3, -0.25) is 14.4 Å². The third-order valence-corrected chi connectivity index (χ3v) is 12.8. The van der Waals surface area contributed by atoms with Crippen LogP contribution in [0.2, 0.25) is 0 Å². The van der Waals surface area contributed by atoms with Gasteiger partial charge in [-0.2, -0.15) is 0 Å². The highest BCUT2D eigenvalue weighted by Crippen LogP contribution is 2.18. The van der Waals surface area contributed by atoms with Crippen LogP contribution in [0, 0.1) is 5.92 Å². The Kier molecular flexibility index (Phi) is 49.1. The third kappa shape index (κ3) is 49.4. The van der Waals surface area contributed by atoms with Crippen LogP contribution in [0.15, 0.2) is 0 Å². The standard InChI is InChI=1S/C56H108O6/c1-5-7-9-11-13-15-17-18-24-28-31-35-39-43-47-54(57)60-50-53(62-56(59)49-45-41-37-33-26-16-14-12-10-8-6-2)51-61-55(58)48-44-40-36-32-29-25-22-20-19-21-23-27-30-34-38-42-46-52(3)4/h52-53H,5-51H2,1-4H3/t53-/m1/s1. The van der Waals surface area contributed by atoms with Crippen LogP contribution in [-0.2, 0) is 28.6 Å². The first-order valence-electron chi connectivity index (χ1n) is 27.9. The predicted molar refractivity (Wildman–Crippen MR) is 266 cm³/mol. The molecule has 0 unspecified atom stereocenters. The second-order valence-corrected chi connectivity index (χ2v) is 19.7. The van der Waals surface area contributed by atoms with Crippen LogP contribution < -0.4 is 0 Å². The summed E-state index contributed by atoms with van der Waals surface area (Å²) < 4.78 is 16.8. The highest BCUT2D eigenvalue weighted by molar-refractivity contribution is 5.71. The van der Waals surface area contributed by atoms with Crippen molar-refractivity contribution in [3.63, 3.8) is 0 Å².